The number of hydrogen-bond donors (Lipinski definition) is 2. The van der Waals surface area contributed by atoms with Gasteiger partial charge in [-0.1, -0.05) is 27.7 Å². The number of aliphatic carboxylic acids is 2. The van der Waals surface area contributed by atoms with E-state index in [0.717, 1.165) is 0 Å². The van der Waals surface area contributed by atoms with Gasteiger partial charge in [-0.25, -0.2) is 0 Å². The Kier molecular flexibility index (Phi) is 32.1. The van der Waals surface area contributed by atoms with Crippen LogP contribution in [0.4, 0.5) is 0 Å². The van der Waals surface area contributed by atoms with Crippen molar-refractivity contribution in [3.63, 3.8) is 0 Å². The predicted octanol–water partition coefficient (Wildman–Crippen LogP) is 2.88. The predicted molar refractivity (Wildman–Crippen MR) is 89.7 cm³/mol. The molecule has 8 nitrogen and oxygen atoms in total. The van der Waals surface area contributed by atoms with Gasteiger partial charge in [0, 0.05) is 25.7 Å². The highest BCUT2D eigenvalue weighted by atomic mass is 16.5. The first kappa shape index (κ1) is 29.8. The molecule has 0 aliphatic heterocycles. The number of carbonyl (C=O) groups excluding carboxylic acids is 2. The first-order chi connectivity index (χ1) is 11.2. The van der Waals surface area contributed by atoms with Crippen molar-refractivity contribution >= 4 is 23.9 Å². The van der Waals surface area contributed by atoms with E-state index in [1.807, 2.05) is 0 Å². The summed E-state index contributed by atoms with van der Waals surface area (Å²) < 4.78 is 9.10. The van der Waals surface area contributed by atoms with Crippen molar-refractivity contribution in [2.75, 3.05) is 13.2 Å². The van der Waals surface area contributed by atoms with Crippen molar-refractivity contribution in [2.24, 2.45) is 0 Å². The van der Waals surface area contributed by atoms with Gasteiger partial charge in [-0.3, -0.25) is 19.2 Å². The second kappa shape index (κ2) is 25.8. The van der Waals surface area contributed by atoms with Crippen molar-refractivity contribution in [3.05, 3.63) is 0 Å². The first-order valence-electron chi connectivity index (χ1n) is 7.91. The summed E-state index contributed by atoms with van der Waals surface area (Å²) in [6.07, 6.45) is 1.40. The minimum absolute atomic E-state index is 0.123. The number of rotatable bonds is 6. The zero-order chi connectivity index (χ0) is 20.0. The van der Waals surface area contributed by atoms with Crippen LogP contribution in [0.3, 0.4) is 0 Å². The fourth-order valence-electron chi connectivity index (χ4n) is 0.526. The topological polar surface area (TPSA) is 127 Å². The summed E-state index contributed by atoms with van der Waals surface area (Å²) in [5.74, 6) is -1.74. The Bertz CT molecular complexity index is 294. The Hall–Kier alpha value is -2.12. The van der Waals surface area contributed by atoms with E-state index in [2.05, 4.69) is 9.47 Å². The van der Waals surface area contributed by atoms with Crippen LogP contribution in [-0.2, 0) is 28.7 Å². The standard InChI is InChI=1S/2C5H10O2.2C3H6O2/c2*1-3-5(6)7-4-2;2*1-2-3(4)5/h2*3-4H2,1-2H3;2*2H2,1H3,(H,4,5). The maximum atomic E-state index is 10.2. The van der Waals surface area contributed by atoms with Gasteiger partial charge in [0.05, 0.1) is 13.2 Å². The normalized spacial score (nSPS) is 7.92. The minimum Gasteiger partial charge on any atom is -0.481 e. The third kappa shape index (κ3) is 50.2. The van der Waals surface area contributed by atoms with Gasteiger partial charge in [0.15, 0.2) is 0 Å². The number of ether oxygens (including phenoxy) is 2. The molecule has 0 radical (unpaired) electrons. The van der Waals surface area contributed by atoms with Crippen LogP contribution < -0.4 is 0 Å². The molecule has 0 bridgehead atoms. The highest BCUT2D eigenvalue weighted by molar-refractivity contribution is 5.69. The molecule has 0 aromatic heterocycles. The second-order valence-electron chi connectivity index (χ2n) is 3.81. The molecule has 0 spiro atoms. The molecule has 0 atom stereocenters. The number of carboxylic acid groups (broad SMARTS) is 2. The summed E-state index contributed by atoms with van der Waals surface area (Å²) in [6.45, 7) is 11.3. The van der Waals surface area contributed by atoms with Crippen LogP contribution in [0.2, 0.25) is 0 Å². The van der Waals surface area contributed by atoms with Gasteiger partial charge in [0.25, 0.3) is 0 Å². The van der Waals surface area contributed by atoms with E-state index < -0.39 is 11.9 Å². The summed E-state index contributed by atoms with van der Waals surface area (Å²) in [5, 5.41) is 15.4. The Balaban J connectivity index is -0.000000113. The van der Waals surface area contributed by atoms with Crippen molar-refractivity contribution < 1.29 is 38.9 Å². The molecular weight excluding hydrogens is 320 g/mol. The molecule has 24 heavy (non-hydrogen) atoms. The molecule has 0 saturated carbocycles. The molecular formula is C16H32O8. The van der Waals surface area contributed by atoms with Crippen LogP contribution >= 0.6 is 0 Å². The highest BCUT2D eigenvalue weighted by Gasteiger charge is 1.91. The van der Waals surface area contributed by atoms with Gasteiger partial charge in [-0.05, 0) is 13.8 Å². The fraction of sp³-hybridized carbons (Fsp3) is 0.750. The molecule has 0 aliphatic rings. The largest absolute Gasteiger partial charge is 0.481 e. The Morgan fingerprint density at radius 3 is 0.833 bits per heavy atom. The highest BCUT2D eigenvalue weighted by Crippen LogP contribution is 1.81. The van der Waals surface area contributed by atoms with Crippen LogP contribution in [0.15, 0.2) is 0 Å². The quantitative estimate of drug-likeness (QED) is 0.698. The lowest BCUT2D eigenvalue weighted by Crippen LogP contribution is -2.00. The summed E-state index contributed by atoms with van der Waals surface area (Å²) in [7, 11) is 0. The van der Waals surface area contributed by atoms with Crippen LogP contribution in [0.5, 0.6) is 0 Å². The van der Waals surface area contributed by atoms with E-state index in [-0.39, 0.29) is 24.8 Å². The van der Waals surface area contributed by atoms with Gasteiger partial charge in [-0.2, -0.15) is 0 Å². The van der Waals surface area contributed by atoms with E-state index in [1.165, 1.54) is 0 Å². The van der Waals surface area contributed by atoms with Crippen LogP contribution in [0.25, 0.3) is 0 Å². The zero-order valence-electron chi connectivity index (χ0n) is 15.6. The fourth-order valence-corrected chi connectivity index (χ4v) is 0.526. The van der Waals surface area contributed by atoms with Gasteiger partial charge in [-0.15, -0.1) is 0 Å². The molecule has 0 rings (SSSR count). The Morgan fingerprint density at radius 2 is 0.792 bits per heavy atom. The van der Waals surface area contributed by atoms with Gasteiger partial charge < -0.3 is 19.7 Å². The molecule has 0 aromatic rings. The molecule has 0 heterocycles. The lowest BCUT2D eigenvalue weighted by molar-refractivity contribution is -0.143. The maximum Gasteiger partial charge on any atom is 0.305 e. The first-order valence-corrected chi connectivity index (χ1v) is 7.91. The zero-order valence-corrected chi connectivity index (χ0v) is 15.6. The monoisotopic (exact) mass is 352 g/mol. The molecule has 8 heteroatoms. The van der Waals surface area contributed by atoms with Crippen molar-refractivity contribution in [1.82, 2.24) is 0 Å². The van der Waals surface area contributed by atoms with Crippen molar-refractivity contribution in [2.45, 2.75) is 67.2 Å². The third-order valence-electron chi connectivity index (χ3n) is 1.79. The number of carboxylic acids is 2. The van der Waals surface area contributed by atoms with E-state index in [4.69, 9.17) is 10.2 Å². The van der Waals surface area contributed by atoms with Gasteiger partial charge >= 0.3 is 23.9 Å². The number of esters is 2. The number of hydrogen-bond acceptors (Lipinski definition) is 6. The molecule has 0 amide bonds. The van der Waals surface area contributed by atoms with Gasteiger partial charge in [0.2, 0.25) is 0 Å². The van der Waals surface area contributed by atoms with E-state index in [0.29, 0.717) is 26.1 Å². The summed E-state index contributed by atoms with van der Waals surface area (Å²) >= 11 is 0. The van der Waals surface area contributed by atoms with Gasteiger partial charge in [0.1, 0.15) is 0 Å². The SMILES string of the molecule is CCC(=O)O.CCC(=O)O.CCOC(=O)CC.CCOC(=O)CC. The van der Waals surface area contributed by atoms with Crippen molar-refractivity contribution in [1.29, 1.82) is 0 Å². The summed E-state index contributed by atoms with van der Waals surface area (Å²) in [4.78, 5) is 39.1. The summed E-state index contributed by atoms with van der Waals surface area (Å²) in [5.41, 5.74) is 0. The smallest absolute Gasteiger partial charge is 0.305 e. The molecule has 0 aromatic carbocycles. The molecule has 0 fully saturated rings. The maximum absolute atomic E-state index is 10.2. The molecule has 2 N–H and O–H groups in total. The average Bonchev–Trinajstić information content (AvgIpc) is 2.56. The molecule has 0 aliphatic carbocycles. The van der Waals surface area contributed by atoms with E-state index >= 15 is 0 Å². The van der Waals surface area contributed by atoms with Crippen LogP contribution in [0, 0.1) is 0 Å². The van der Waals surface area contributed by atoms with Crippen LogP contribution in [0.1, 0.15) is 67.2 Å². The molecule has 0 saturated heterocycles. The number of carbonyl (C=O) groups is 4. The van der Waals surface area contributed by atoms with E-state index in [1.54, 1.807) is 41.5 Å². The lowest BCUT2D eigenvalue weighted by atomic mass is 10.5. The Labute approximate surface area is 144 Å². The average molecular weight is 352 g/mol. The molecule has 144 valence electrons. The lowest BCUT2D eigenvalue weighted by Gasteiger charge is -1.93. The van der Waals surface area contributed by atoms with Crippen molar-refractivity contribution in [3.8, 4) is 0 Å². The summed E-state index contributed by atoms with van der Waals surface area (Å²) in [6, 6.07) is 0. The van der Waals surface area contributed by atoms with Crippen LogP contribution in [-0.4, -0.2) is 47.3 Å². The second-order valence-corrected chi connectivity index (χ2v) is 3.81. The molecule has 0 unspecified atom stereocenters. The minimum atomic E-state index is -0.745. The third-order valence-corrected chi connectivity index (χ3v) is 1.79. The van der Waals surface area contributed by atoms with E-state index in [9.17, 15) is 19.2 Å². The Morgan fingerprint density at radius 1 is 0.583 bits per heavy atom.